The number of rotatable bonds is 4. The molecule has 4 heterocycles. The summed E-state index contributed by atoms with van der Waals surface area (Å²) in [5, 5.41) is 2.49. The molecule has 0 bridgehead atoms. The van der Waals surface area contributed by atoms with E-state index in [9.17, 15) is 0 Å². The molecule has 5 heteroatoms. The minimum atomic E-state index is 0.368. The molecule has 168 valence electrons. The zero-order valence-electron chi connectivity index (χ0n) is 18.9. The van der Waals surface area contributed by atoms with Gasteiger partial charge in [-0.3, -0.25) is 9.97 Å². The highest BCUT2D eigenvalue weighted by Crippen LogP contribution is 2.31. The molecule has 0 amide bonds. The van der Waals surface area contributed by atoms with Gasteiger partial charge in [0.1, 0.15) is 0 Å². The molecule has 0 saturated carbocycles. The lowest BCUT2D eigenvalue weighted by molar-refractivity contribution is -0.0337. The Morgan fingerprint density at radius 3 is 1.45 bits per heavy atom. The number of piperidine rings is 2. The molecule has 33 heavy (non-hydrogen) atoms. The molecule has 0 spiro atoms. The first-order valence-electron chi connectivity index (χ1n) is 12.2. The lowest BCUT2D eigenvalue weighted by atomic mass is 10.0. The van der Waals surface area contributed by atoms with E-state index < -0.39 is 0 Å². The SMILES string of the molecule is c1ccc2c(N3CCC(OC4CCN(c5ccnc6ccccc56)CC4)CC3)ccnc2c1. The first kappa shape index (κ1) is 20.4. The van der Waals surface area contributed by atoms with E-state index in [0.717, 1.165) is 62.9 Å². The summed E-state index contributed by atoms with van der Waals surface area (Å²) in [4.78, 5) is 14.0. The minimum Gasteiger partial charge on any atom is -0.375 e. The number of nitrogens with zero attached hydrogens (tertiary/aromatic N) is 4. The predicted octanol–water partition coefficient (Wildman–Crippen LogP) is 5.44. The van der Waals surface area contributed by atoms with Crippen LogP contribution in [0.1, 0.15) is 25.7 Å². The van der Waals surface area contributed by atoms with Gasteiger partial charge in [0.15, 0.2) is 0 Å². The highest BCUT2D eigenvalue weighted by molar-refractivity contribution is 5.92. The zero-order valence-corrected chi connectivity index (χ0v) is 18.9. The number of aromatic nitrogens is 2. The van der Waals surface area contributed by atoms with E-state index in [-0.39, 0.29) is 0 Å². The summed E-state index contributed by atoms with van der Waals surface area (Å²) in [5.41, 5.74) is 4.75. The summed E-state index contributed by atoms with van der Waals surface area (Å²) in [7, 11) is 0. The van der Waals surface area contributed by atoms with Crippen molar-refractivity contribution in [2.24, 2.45) is 0 Å². The van der Waals surface area contributed by atoms with Crippen LogP contribution in [0.15, 0.2) is 73.1 Å². The number of hydrogen-bond acceptors (Lipinski definition) is 5. The monoisotopic (exact) mass is 438 g/mol. The van der Waals surface area contributed by atoms with E-state index in [1.165, 1.54) is 22.1 Å². The second-order valence-corrected chi connectivity index (χ2v) is 9.20. The maximum atomic E-state index is 6.60. The quantitative estimate of drug-likeness (QED) is 0.425. The Labute approximate surface area is 195 Å². The second-order valence-electron chi connectivity index (χ2n) is 9.20. The van der Waals surface area contributed by atoms with Gasteiger partial charge >= 0.3 is 0 Å². The van der Waals surface area contributed by atoms with Crippen molar-refractivity contribution in [1.29, 1.82) is 0 Å². The van der Waals surface area contributed by atoms with Crippen LogP contribution in [0.2, 0.25) is 0 Å². The summed E-state index contributed by atoms with van der Waals surface area (Å²) in [5.74, 6) is 0. The van der Waals surface area contributed by atoms with E-state index in [1.54, 1.807) is 0 Å². The first-order chi connectivity index (χ1) is 16.3. The summed E-state index contributed by atoms with van der Waals surface area (Å²) in [6, 6.07) is 21.2. The van der Waals surface area contributed by atoms with E-state index in [2.05, 4.69) is 80.4 Å². The average Bonchev–Trinajstić information content (AvgIpc) is 2.89. The maximum absolute atomic E-state index is 6.60. The third kappa shape index (κ3) is 4.13. The molecule has 5 nitrogen and oxygen atoms in total. The molecule has 0 radical (unpaired) electrons. The van der Waals surface area contributed by atoms with Crippen molar-refractivity contribution >= 4 is 33.2 Å². The number of hydrogen-bond donors (Lipinski definition) is 0. The molecule has 4 aromatic rings. The number of anilines is 2. The molecule has 0 unspecified atom stereocenters. The van der Waals surface area contributed by atoms with Gasteiger partial charge in [0, 0.05) is 60.7 Å². The Bertz CT molecular complexity index is 1140. The number of ether oxygens (including phenoxy) is 1. The molecule has 0 atom stereocenters. The fraction of sp³-hybridized carbons (Fsp3) is 0.357. The van der Waals surface area contributed by atoms with Crippen molar-refractivity contribution in [2.45, 2.75) is 37.9 Å². The van der Waals surface area contributed by atoms with Crippen LogP contribution in [0, 0.1) is 0 Å². The number of benzene rings is 2. The van der Waals surface area contributed by atoms with Crippen LogP contribution in [0.3, 0.4) is 0 Å². The van der Waals surface area contributed by atoms with Crippen molar-refractivity contribution in [3.05, 3.63) is 73.1 Å². The van der Waals surface area contributed by atoms with Crippen LogP contribution in [0.5, 0.6) is 0 Å². The van der Waals surface area contributed by atoms with Gasteiger partial charge in [-0.1, -0.05) is 36.4 Å². The Morgan fingerprint density at radius 2 is 1.00 bits per heavy atom. The Morgan fingerprint density at radius 1 is 0.576 bits per heavy atom. The number of para-hydroxylation sites is 2. The van der Waals surface area contributed by atoms with Gasteiger partial charge in [-0.05, 0) is 49.9 Å². The number of fused-ring (bicyclic) bond motifs is 2. The molecule has 2 saturated heterocycles. The fourth-order valence-corrected chi connectivity index (χ4v) is 5.45. The molecular formula is C28H30N4O. The van der Waals surface area contributed by atoms with Crippen molar-refractivity contribution in [2.75, 3.05) is 36.0 Å². The molecule has 2 aromatic heterocycles. The van der Waals surface area contributed by atoms with Gasteiger partial charge in [0.25, 0.3) is 0 Å². The van der Waals surface area contributed by atoms with Crippen molar-refractivity contribution in [3.63, 3.8) is 0 Å². The third-order valence-corrected chi connectivity index (χ3v) is 7.20. The molecule has 2 aromatic carbocycles. The fourth-order valence-electron chi connectivity index (χ4n) is 5.45. The summed E-state index contributed by atoms with van der Waals surface area (Å²) < 4.78 is 6.60. The molecule has 0 aliphatic carbocycles. The van der Waals surface area contributed by atoms with Crippen LogP contribution in [-0.2, 0) is 4.74 Å². The molecule has 2 fully saturated rings. The molecule has 2 aliphatic heterocycles. The van der Waals surface area contributed by atoms with Crippen LogP contribution in [0.4, 0.5) is 11.4 Å². The van der Waals surface area contributed by atoms with Crippen LogP contribution >= 0.6 is 0 Å². The van der Waals surface area contributed by atoms with E-state index in [4.69, 9.17) is 4.74 Å². The van der Waals surface area contributed by atoms with Gasteiger partial charge in [0.05, 0.1) is 23.2 Å². The van der Waals surface area contributed by atoms with E-state index in [0.29, 0.717) is 12.2 Å². The van der Waals surface area contributed by atoms with Crippen LogP contribution in [0.25, 0.3) is 21.8 Å². The highest BCUT2D eigenvalue weighted by atomic mass is 16.5. The van der Waals surface area contributed by atoms with Gasteiger partial charge < -0.3 is 14.5 Å². The van der Waals surface area contributed by atoms with Crippen molar-refractivity contribution in [1.82, 2.24) is 9.97 Å². The van der Waals surface area contributed by atoms with E-state index >= 15 is 0 Å². The standard InChI is InChI=1S/C28H30N4O/c1-3-7-25-23(5-1)27(9-15-29-25)31-17-11-21(12-18-31)33-22-13-19-32(20-14-22)28-10-16-30-26-8-4-2-6-24(26)28/h1-10,15-16,21-22H,11-14,17-20H2. The van der Waals surface area contributed by atoms with Crippen LogP contribution < -0.4 is 9.80 Å². The lowest BCUT2D eigenvalue weighted by Gasteiger charge is -2.38. The molecule has 0 N–H and O–H groups in total. The summed E-state index contributed by atoms with van der Waals surface area (Å²) in [6.45, 7) is 4.17. The average molecular weight is 439 g/mol. The lowest BCUT2D eigenvalue weighted by Crippen LogP contribution is -2.42. The Hall–Kier alpha value is -3.18. The van der Waals surface area contributed by atoms with Gasteiger partial charge in [-0.15, -0.1) is 0 Å². The van der Waals surface area contributed by atoms with E-state index in [1.807, 2.05) is 12.4 Å². The van der Waals surface area contributed by atoms with Crippen molar-refractivity contribution < 1.29 is 4.74 Å². The predicted molar refractivity (Wildman–Crippen MR) is 135 cm³/mol. The number of pyridine rings is 2. The largest absolute Gasteiger partial charge is 0.375 e. The zero-order chi connectivity index (χ0) is 22.0. The van der Waals surface area contributed by atoms with Gasteiger partial charge in [0.2, 0.25) is 0 Å². The normalized spacial score (nSPS) is 18.3. The molecular weight excluding hydrogens is 408 g/mol. The van der Waals surface area contributed by atoms with Gasteiger partial charge in [-0.25, -0.2) is 0 Å². The van der Waals surface area contributed by atoms with Gasteiger partial charge in [-0.2, -0.15) is 0 Å². The highest BCUT2D eigenvalue weighted by Gasteiger charge is 2.27. The minimum absolute atomic E-state index is 0.368. The topological polar surface area (TPSA) is 41.5 Å². The smallest absolute Gasteiger partial charge is 0.0722 e. The van der Waals surface area contributed by atoms with Crippen molar-refractivity contribution in [3.8, 4) is 0 Å². The Balaban J connectivity index is 1.05. The summed E-state index contributed by atoms with van der Waals surface area (Å²) in [6.07, 6.45) is 8.95. The third-order valence-electron chi connectivity index (χ3n) is 7.20. The molecule has 6 rings (SSSR count). The maximum Gasteiger partial charge on any atom is 0.0722 e. The Kier molecular flexibility index (Phi) is 5.56. The molecule has 2 aliphatic rings. The second kappa shape index (κ2) is 8.99. The summed E-state index contributed by atoms with van der Waals surface area (Å²) >= 11 is 0. The van der Waals surface area contributed by atoms with Crippen LogP contribution in [-0.4, -0.2) is 48.4 Å². The first-order valence-corrected chi connectivity index (χ1v) is 12.2.